The van der Waals surface area contributed by atoms with E-state index in [1.165, 1.54) is 7.11 Å². The molecule has 0 spiro atoms. The Morgan fingerprint density at radius 2 is 1.59 bits per heavy atom. The van der Waals surface area contributed by atoms with Gasteiger partial charge in [0, 0.05) is 23.5 Å². The van der Waals surface area contributed by atoms with Gasteiger partial charge in [-0.2, -0.15) is 4.98 Å². The zero-order valence-corrected chi connectivity index (χ0v) is 25.0. The summed E-state index contributed by atoms with van der Waals surface area (Å²) in [4.78, 5) is 46.0. The Labute approximate surface area is 241 Å². The van der Waals surface area contributed by atoms with Crippen molar-refractivity contribution < 1.29 is 37.9 Å². The number of nitrogens with one attached hydrogen (secondary N) is 2. The molecule has 222 valence electrons. The number of ether oxygens (including phenoxy) is 3. The number of anilines is 3. The molecule has 1 aliphatic rings. The van der Waals surface area contributed by atoms with Gasteiger partial charge in [-0.15, -0.1) is 0 Å². The number of nitrogens with zero attached hydrogens (tertiary/aromatic N) is 2. The van der Waals surface area contributed by atoms with Gasteiger partial charge in [-0.25, -0.2) is 9.78 Å². The molecule has 41 heavy (non-hydrogen) atoms. The Morgan fingerprint density at radius 3 is 2.12 bits per heavy atom. The standard InChI is InChI=1S/C28H39BN4O8/c1-9-38-22(34)14-19(15-23(35)39-10-2)31-24-17(3)16-30-26(33-24)32-18-11-12-21(20(13-18)25(36)37-8)29-40-27(4,5)28(6,7)41-29/h11-13,16,19H,9-10,14-15H2,1-8H3,(H2,30,31,32,33). The van der Waals surface area contributed by atoms with Gasteiger partial charge in [0.2, 0.25) is 5.95 Å². The first-order valence-electron chi connectivity index (χ1n) is 13.6. The zero-order chi connectivity index (χ0) is 30.4. The molecule has 2 N–H and O–H groups in total. The van der Waals surface area contributed by atoms with Crippen molar-refractivity contribution in [1.29, 1.82) is 0 Å². The van der Waals surface area contributed by atoms with Crippen molar-refractivity contribution in [1.82, 2.24) is 9.97 Å². The summed E-state index contributed by atoms with van der Waals surface area (Å²) in [5, 5.41) is 6.25. The first kappa shape index (κ1) is 31.8. The molecule has 0 unspecified atom stereocenters. The minimum absolute atomic E-state index is 0.0538. The fourth-order valence-corrected chi connectivity index (χ4v) is 4.08. The molecule has 0 amide bonds. The molecule has 1 aliphatic heterocycles. The van der Waals surface area contributed by atoms with Crippen LogP contribution in [0.1, 0.15) is 70.3 Å². The van der Waals surface area contributed by atoms with E-state index < -0.39 is 42.3 Å². The van der Waals surface area contributed by atoms with Gasteiger partial charge in [0.05, 0.1) is 49.9 Å². The Bertz CT molecular complexity index is 1230. The topological polar surface area (TPSA) is 147 Å². The molecular weight excluding hydrogens is 531 g/mol. The zero-order valence-electron chi connectivity index (χ0n) is 25.0. The van der Waals surface area contributed by atoms with Crippen LogP contribution in [0.3, 0.4) is 0 Å². The maximum absolute atomic E-state index is 12.7. The monoisotopic (exact) mass is 570 g/mol. The molecule has 1 fully saturated rings. The second-order valence-electron chi connectivity index (χ2n) is 10.6. The molecule has 1 saturated heterocycles. The van der Waals surface area contributed by atoms with Gasteiger partial charge in [0.1, 0.15) is 5.82 Å². The van der Waals surface area contributed by atoms with Crippen LogP contribution in [0.2, 0.25) is 0 Å². The van der Waals surface area contributed by atoms with Crippen LogP contribution in [0.4, 0.5) is 17.5 Å². The van der Waals surface area contributed by atoms with Crippen LogP contribution in [0.5, 0.6) is 0 Å². The highest BCUT2D eigenvalue weighted by atomic mass is 16.7. The number of carbonyl (C=O) groups is 3. The summed E-state index contributed by atoms with van der Waals surface area (Å²) >= 11 is 0. The second-order valence-corrected chi connectivity index (χ2v) is 10.6. The number of carbonyl (C=O) groups excluding carboxylic acids is 3. The van der Waals surface area contributed by atoms with Crippen molar-refractivity contribution in [2.45, 2.75) is 78.6 Å². The summed E-state index contributed by atoms with van der Waals surface area (Å²) in [6.07, 6.45) is 1.49. The van der Waals surface area contributed by atoms with E-state index in [1.807, 2.05) is 27.7 Å². The molecule has 0 bridgehead atoms. The molecule has 2 aromatic rings. The molecule has 2 heterocycles. The Hall–Kier alpha value is -3.71. The van der Waals surface area contributed by atoms with Crippen molar-refractivity contribution in [3.8, 4) is 0 Å². The van der Waals surface area contributed by atoms with Crippen LogP contribution >= 0.6 is 0 Å². The van der Waals surface area contributed by atoms with E-state index in [9.17, 15) is 14.4 Å². The third-order valence-corrected chi connectivity index (χ3v) is 6.97. The highest BCUT2D eigenvalue weighted by Gasteiger charge is 2.52. The fraction of sp³-hybridized carbons (Fsp3) is 0.536. The van der Waals surface area contributed by atoms with Gasteiger partial charge in [-0.05, 0) is 66.1 Å². The number of benzene rings is 1. The number of aryl methyl sites for hydroxylation is 1. The van der Waals surface area contributed by atoms with E-state index in [1.54, 1.807) is 45.2 Å². The highest BCUT2D eigenvalue weighted by molar-refractivity contribution is 6.63. The largest absolute Gasteiger partial charge is 0.495 e. The molecule has 0 radical (unpaired) electrons. The predicted octanol–water partition coefficient (Wildman–Crippen LogP) is 3.30. The maximum atomic E-state index is 12.7. The third-order valence-electron chi connectivity index (χ3n) is 6.97. The number of hydrogen-bond donors (Lipinski definition) is 2. The van der Waals surface area contributed by atoms with Crippen molar-refractivity contribution in [3.63, 3.8) is 0 Å². The minimum atomic E-state index is -0.759. The molecule has 12 nitrogen and oxygen atoms in total. The molecule has 13 heteroatoms. The number of rotatable bonds is 12. The van der Waals surface area contributed by atoms with Gasteiger partial charge in [-0.1, -0.05) is 6.07 Å². The number of esters is 3. The van der Waals surface area contributed by atoms with E-state index in [-0.39, 0.29) is 37.6 Å². The van der Waals surface area contributed by atoms with Gasteiger partial charge in [0.15, 0.2) is 0 Å². The van der Waals surface area contributed by atoms with Crippen LogP contribution < -0.4 is 16.1 Å². The summed E-state index contributed by atoms with van der Waals surface area (Å²) in [6.45, 7) is 13.4. The first-order chi connectivity index (χ1) is 19.3. The normalized spacial score (nSPS) is 15.4. The Kier molecular flexibility index (Phi) is 10.3. The summed E-state index contributed by atoms with van der Waals surface area (Å²) in [5.41, 5.74) is 0.855. The Balaban J connectivity index is 1.85. The molecule has 1 aromatic carbocycles. The summed E-state index contributed by atoms with van der Waals surface area (Å²) < 4.78 is 27.4. The van der Waals surface area contributed by atoms with E-state index in [2.05, 4.69) is 20.6 Å². The first-order valence-corrected chi connectivity index (χ1v) is 13.6. The lowest BCUT2D eigenvalue weighted by atomic mass is 9.75. The van der Waals surface area contributed by atoms with E-state index >= 15 is 0 Å². The van der Waals surface area contributed by atoms with Crippen LogP contribution in [0.15, 0.2) is 24.4 Å². The summed E-state index contributed by atoms with van der Waals surface area (Å²) in [7, 11) is 0.547. The lowest BCUT2D eigenvalue weighted by Gasteiger charge is -2.32. The molecular formula is C28H39BN4O8. The molecule has 0 aliphatic carbocycles. The highest BCUT2D eigenvalue weighted by Crippen LogP contribution is 2.37. The lowest BCUT2D eigenvalue weighted by molar-refractivity contribution is -0.145. The third kappa shape index (κ3) is 7.95. The van der Waals surface area contributed by atoms with Gasteiger partial charge >= 0.3 is 25.0 Å². The second kappa shape index (κ2) is 13.3. The van der Waals surface area contributed by atoms with Gasteiger partial charge < -0.3 is 34.2 Å². The molecule has 1 aromatic heterocycles. The maximum Gasteiger partial charge on any atom is 0.495 e. The SMILES string of the molecule is CCOC(=O)CC(CC(=O)OCC)Nc1nc(Nc2ccc(B3OC(C)(C)C(C)(C)O3)c(C(=O)OC)c2)ncc1C. The van der Waals surface area contributed by atoms with Gasteiger partial charge in [0.25, 0.3) is 0 Å². The molecule has 0 saturated carbocycles. The van der Waals surface area contributed by atoms with Crippen molar-refractivity contribution >= 4 is 47.9 Å². The Morgan fingerprint density at radius 1 is 1.00 bits per heavy atom. The van der Waals surface area contributed by atoms with Crippen molar-refractivity contribution in [2.24, 2.45) is 0 Å². The molecule has 3 rings (SSSR count). The lowest BCUT2D eigenvalue weighted by Crippen LogP contribution is -2.41. The van der Waals surface area contributed by atoms with E-state index in [0.717, 1.165) is 0 Å². The average molecular weight is 570 g/mol. The smallest absolute Gasteiger partial charge is 0.466 e. The van der Waals surface area contributed by atoms with E-state index in [0.29, 0.717) is 22.5 Å². The summed E-state index contributed by atoms with van der Waals surface area (Å²) in [6, 6.07) is 4.50. The minimum Gasteiger partial charge on any atom is -0.466 e. The van der Waals surface area contributed by atoms with Crippen LogP contribution in [0, 0.1) is 6.92 Å². The molecule has 0 atom stereocenters. The number of methoxy groups -OCH3 is 1. The average Bonchev–Trinajstić information content (AvgIpc) is 3.11. The van der Waals surface area contributed by atoms with Crippen molar-refractivity contribution in [3.05, 3.63) is 35.5 Å². The fourth-order valence-electron chi connectivity index (χ4n) is 4.08. The number of hydrogen-bond acceptors (Lipinski definition) is 12. The van der Waals surface area contributed by atoms with Crippen molar-refractivity contribution in [2.75, 3.05) is 31.0 Å². The predicted molar refractivity (Wildman–Crippen MR) is 153 cm³/mol. The van der Waals surface area contributed by atoms with Gasteiger partial charge in [-0.3, -0.25) is 9.59 Å². The van der Waals surface area contributed by atoms with Crippen LogP contribution in [0.25, 0.3) is 0 Å². The summed E-state index contributed by atoms with van der Waals surface area (Å²) in [5.74, 6) is -0.800. The quantitative estimate of drug-likeness (QED) is 0.219. The van der Waals surface area contributed by atoms with Crippen LogP contribution in [-0.2, 0) is 33.1 Å². The van der Waals surface area contributed by atoms with E-state index in [4.69, 9.17) is 23.5 Å². The number of aromatic nitrogens is 2. The van der Waals surface area contributed by atoms with Crippen LogP contribution in [-0.4, -0.2) is 72.6 Å².